The van der Waals surface area contributed by atoms with Crippen LogP contribution in [0.25, 0.3) is 0 Å². The minimum Gasteiger partial charge on any atom is -0.459 e. The zero-order valence-electron chi connectivity index (χ0n) is 16.4. The summed E-state index contributed by atoms with van der Waals surface area (Å²) in [6.45, 7) is 8.13. The van der Waals surface area contributed by atoms with Crippen molar-refractivity contribution in [2.75, 3.05) is 0 Å². The van der Waals surface area contributed by atoms with Crippen molar-refractivity contribution < 1.29 is 17.9 Å². The molecular weight excluding hydrogens is 376 g/mol. The smallest absolute Gasteiger partial charge is 0.330 e. The van der Waals surface area contributed by atoms with E-state index in [0.29, 0.717) is 5.56 Å². The number of aliphatic imine (C=N–C) groups is 1. The fourth-order valence-corrected chi connectivity index (χ4v) is 4.09. The van der Waals surface area contributed by atoms with E-state index in [1.807, 2.05) is 24.3 Å². The molecule has 0 aromatic heterocycles. The fraction of sp³-hybridized carbons (Fsp3) is 0.333. The minimum atomic E-state index is -3.63. The maximum atomic E-state index is 12.3. The second-order valence-corrected chi connectivity index (χ2v) is 9.46. The van der Waals surface area contributed by atoms with Crippen LogP contribution in [-0.2, 0) is 31.6 Å². The van der Waals surface area contributed by atoms with Gasteiger partial charge in [0.25, 0.3) is 10.0 Å². The molecule has 0 spiro atoms. The molecule has 1 N–H and O–H groups in total. The summed E-state index contributed by atoms with van der Waals surface area (Å²) in [7, 11) is -3.63. The lowest BCUT2D eigenvalue weighted by Crippen LogP contribution is -2.26. The van der Waals surface area contributed by atoms with Gasteiger partial charge in [-0.05, 0) is 35.6 Å². The highest BCUT2D eigenvalue weighted by Crippen LogP contribution is 2.23. The minimum absolute atomic E-state index is 0.0603. The molecule has 0 saturated carbocycles. The number of nitrogens with one attached hydrogen (secondary N) is 1. The highest BCUT2D eigenvalue weighted by molar-refractivity contribution is 7.90. The van der Waals surface area contributed by atoms with Crippen LogP contribution in [0.1, 0.15) is 44.4 Å². The largest absolute Gasteiger partial charge is 0.459 e. The number of carbonyl (C=O) groups excluding carboxylic acids is 1. The summed E-state index contributed by atoms with van der Waals surface area (Å²) in [4.78, 5) is 16.7. The van der Waals surface area contributed by atoms with Crippen LogP contribution in [0.15, 0.2) is 58.4 Å². The summed E-state index contributed by atoms with van der Waals surface area (Å²) in [5.74, 6) is -0.356. The van der Waals surface area contributed by atoms with Crippen LogP contribution in [-0.4, -0.2) is 26.3 Å². The van der Waals surface area contributed by atoms with Gasteiger partial charge in [-0.25, -0.2) is 13.2 Å². The van der Waals surface area contributed by atoms with Crippen LogP contribution in [0.2, 0.25) is 0 Å². The SMILES string of the molecule is C[C@H](N=C1NS(=O)(=O)c2ccccc21)C(=O)OCc1ccc(C(C)(C)C)cc1. The number of amidine groups is 1. The van der Waals surface area contributed by atoms with Gasteiger partial charge in [0, 0.05) is 5.56 Å². The Morgan fingerprint density at radius 3 is 2.39 bits per heavy atom. The first-order valence-corrected chi connectivity index (χ1v) is 10.5. The molecule has 0 saturated heterocycles. The lowest BCUT2D eigenvalue weighted by atomic mass is 9.87. The molecule has 7 heteroatoms. The molecule has 6 nitrogen and oxygen atoms in total. The van der Waals surface area contributed by atoms with E-state index >= 15 is 0 Å². The normalized spacial score (nSPS) is 17.6. The number of hydrogen-bond acceptors (Lipinski definition) is 5. The number of ether oxygens (including phenoxy) is 1. The maximum absolute atomic E-state index is 12.3. The van der Waals surface area contributed by atoms with Gasteiger partial charge >= 0.3 is 5.97 Å². The third kappa shape index (κ3) is 4.25. The van der Waals surface area contributed by atoms with Crippen LogP contribution in [0.5, 0.6) is 0 Å². The third-order valence-corrected chi connectivity index (χ3v) is 5.92. The van der Waals surface area contributed by atoms with Gasteiger partial charge in [-0.3, -0.25) is 9.71 Å². The summed E-state index contributed by atoms with van der Waals surface area (Å²) in [5, 5.41) is 0. The molecule has 1 aliphatic heterocycles. The van der Waals surface area contributed by atoms with E-state index in [9.17, 15) is 13.2 Å². The van der Waals surface area contributed by atoms with Crippen LogP contribution in [0.3, 0.4) is 0 Å². The molecule has 0 amide bonds. The van der Waals surface area contributed by atoms with Gasteiger partial charge in [0.2, 0.25) is 0 Å². The Kier molecular flexibility index (Phi) is 5.30. The Labute approximate surface area is 165 Å². The molecule has 0 radical (unpaired) electrons. The monoisotopic (exact) mass is 400 g/mol. The Morgan fingerprint density at radius 2 is 1.75 bits per heavy atom. The summed E-state index contributed by atoms with van der Waals surface area (Å²) in [6, 6.07) is 13.6. The molecule has 1 aliphatic rings. The highest BCUT2D eigenvalue weighted by Gasteiger charge is 2.31. The van der Waals surface area contributed by atoms with E-state index in [1.165, 1.54) is 11.6 Å². The second kappa shape index (κ2) is 7.39. The lowest BCUT2D eigenvalue weighted by Gasteiger charge is -2.19. The van der Waals surface area contributed by atoms with Crippen molar-refractivity contribution in [2.45, 2.75) is 50.7 Å². The van der Waals surface area contributed by atoms with Crippen molar-refractivity contribution in [1.82, 2.24) is 4.72 Å². The number of carbonyl (C=O) groups is 1. The van der Waals surface area contributed by atoms with Gasteiger partial charge in [0.15, 0.2) is 0 Å². The van der Waals surface area contributed by atoms with Crippen molar-refractivity contribution in [3.8, 4) is 0 Å². The van der Waals surface area contributed by atoms with E-state index in [4.69, 9.17) is 4.74 Å². The number of esters is 1. The number of sulfonamides is 1. The Balaban J connectivity index is 1.67. The number of benzene rings is 2. The quantitative estimate of drug-likeness (QED) is 0.799. The predicted octanol–water partition coefficient (Wildman–Crippen LogP) is 3.15. The number of rotatable bonds is 4. The molecule has 28 heavy (non-hydrogen) atoms. The second-order valence-electron chi connectivity index (χ2n) is 7.81. The van der Waals surface area contributed by atoms with Gasteiger partial charge in [-0.15, -0.1) is 0 Å². The Hall–Kier alpha value is -2.67. The van der Waals surface area contributed by atoms with Crippen LogP contribution >= 0.6 is 0 Å². The molecule has 0 bridgehead atoms. The first kappa shape index (κ1) is 20.1. The standard InChI is InChI=1S/C21H24N2O4S/c1-14(22-19-17-7-5-6-8-18(17)28(25,26)23-19)20(24)27-13-15-9-11-16(12-10-15)21(2,3)4/h5-12,14H,13H2,1-4H3,(H,22,23)/t14-/m0/s1. The highest BCUT2D eigenvalue weighted by atomic mass is 32.2. The number of hydrogen-bond donors (Lipinski definition) is 1. The van der Waals surface area contributed by atoms with Crippen LogP contribution in [0, 0.1) is 0 Å². The lowest BCUT2D eigenvalue weighted by molar-refractivity contribution is -0.146. The molecule has 2 aromatic carbocycles. The third-order valence-electron chi connectivity index (χ3n) is 4.53. The number of nitrogens with zero attached hydrogens (tertiary/aromatic N) is 1. The van der Waals surface area contributed by atoms with E-state index < -0.39 is 22.0 Å². The summed E-state index contributed by atoms with van der Waals surface area (Å²) < 4.78 is 32.0. The molecule has 2 aromatic rings. The zero-order chi connectivity index (χ0) is 20.5. The summed E-state index contributed by atoms with van der Waals surface area (Å²) in [5.41, 5.74) is 2.60. The van der Waals surface area contributed by atoms with E-state index in [1.54, 1.807) is 25.1 Å². The first-order chi connectivity index (χ1) is 13.1. The average molecular weight is 401 g/mol. The average Bonchev–Trinajstić information content (AvgIpc) is 2.90. The molecular formula is C21H24N2O4S. The molecule has 148 valence electrons. The van der Waals surface area contributed by atoms with Crippen molar-refractivity contribution in [3.63, 3.8) is 0 Å². The molecule has 0 aliphatic carbocycles. The van der Waals surface area contributed by atoms with Crippen molar-refractivity contribution in [1.29, 1.82) is 0 Å². The van der Waals surface area contributed by atoms with Gasteiger partial charge < -0.3 is 4.74 Å². The number of fused-ring (bicyclic) bond motifs is 1. The molecule has 1 heterocycles. The van der Waals surface area contributed by atoms with Gasteiger partial charge in [0.05, 0.1) is 4.90 Å². The van der Waals surface area contributed by atoms with Crippen molar-refractivity contribution in [2.24, 2.45) is 4.99 Å². The van der Waals surface area contributed by atoms with E-state index in [-0.39, 0.29) is 22.8 Å². The zero-order valence-corrected chi connectivity index (χ0v) is 17.2. The molecule has 0 unspecified atom stereocenters. The van der Waals surface area contributed by atoms with Gasteiger partial charge in [-0.1, -0.05) is 57.2 Å². The maximum Gasteiger partial charge on any atom is 0.330 e. The Bertz CT molecular complexity index is 1020. The van der Waals surface area contributed by atoms with E-state index in [0.717, 1.165) is 5.56 Å². The first-order valence-electron chi connectivity index (χ1n) is 9.04. The summed E-state index contributed by atoms with van der Waals surface area (Å²) >= 11 is 0. The Morgan fingerprint density at radius 1 is 1.11 bits per heavy atom. The molecule has 3 rings (SSSR count). The summed E-state index contributed by atoms with van der Waals surface area (Å²) in [6.07, 6.45) is 0. The van der Waals surface area contributed by atoms with Gasteiger partial charge in [0.1, 0.15) is 18.5 Å². The predicted molar refractivity (Wildman–Crippen MR) is 108 cm³/mol. The molecule has 1 atom stereocenters. The van der Waals surface area contributed by atoms with Gasteiger partial charge in [-0.2, -0.15) is 0 Å². The fourth-order valence-electron chi connectivity index (χ4n) is 2.85. The molecule has 0 fully saturated rings. The van der Waals surface area contributed by atoms with Crippen molar-refractivity contribution >= 4 is 21.8 Å². The topological polar surface area (TPSA) is 84.8 Å². The van der Waals surface area contributed by atoms with Crippen LogP contribution in [0.4, 0.5) is 0 Å². The van der Waals surface area contributed by atoms with Crippen LogP contribution < -0.4 is 4.72 Å². The van der Waals surface area contributed by atoms with E-state index in [2.05, 4.69) is 30.5 Å². The van der Waals surface area contributed by atoms with Crippen molar-refractivity contribution in [3.05, 3.63) is 65.2 Å².